The number of hydrogen-bond acceptors (Lipinski definition) is 6. The summed E-state index contributed by atoms with van der Waals surface area (Å²) < 4.78 is 1.05. The predicted molar refractivity (Wildman–Crippen MR) is 99.8 cm³/mol. The average molecular weight is 399 g/mol. The normalized spacial score (nSPS) is 11.0. The summed E-state index contributed by atoms with van der Waals surface area (Å²) in [5.41, 5.74) is 2.76. The number of nitrogens with one attached hydrogen (secondary N) is 4. The van der Waals surface area contributed by atoms with E-state index in [2.05, 4.69) is 56.9 Å². The van der Waals surface area contributed by atoms with Gasteiger partial charge < -0.3 is 10.6 Å². The Kier molecular flexibility index (Phi) is 4.06. The Labute approximate surface area is 151 Å². The number of halogens is 1. The summed E-state index contributed by atoms with van der Waals surface area (Å²) in [6, 6.07) is 9.99. The number of benzene rings is 1. The van der Waals surface area contributed by atoms with Crippen molar-refractivity contribution < 1.29 is 0 Å². The van der Waals surface area contributed by atoms with E-state index < -0.39 is 0 Å². The molecule has 0 aliphatic rings. The van der Waals surface area contributed by atoms with Crippen LogP contribution in [0.5, 0.6) is 0 Å². The second kappa shape index (κ2) is 6.52. The molecule has 0 atom stereocenters. The van der Waals surface area contributed by atoms with Crippen molar-refractivity contribution in [1.82, 2.24) is 30.4 Å². The summed E-state index contributed by atoms with van der Waals surface area (Å²) >= 11 is 3.43. The van der Waals surface area contributed by atoms with Crippen molar-refractivity contribution in [3.63, 3.8) is 0 Å². The number of hydrogen-bond donors (Lipinski definition) is 4. The van der Waals surface area contributed by atoms with Crippen molar-refractivity contribution in [3.05, 3.63) is 52.3 Å². The number of nitrogens with zero attached hydrogens (tertiary/aromatic N) is 4. The second-order valence-electron chi connectivity index (χ2n) is 5.57. The number of aromatic amines is 2. The van der Waals surface area contributed by atoms with E-state index in [9.17, 15) is 0 Å². The molecule has 0 fully saturated rings. The molecule has 0 spiro atoms. The molecule has 1 aromatic carbocycles. The van der Waals surface area contributed by atoms with Crippen LogP contribution in [0, 0.1) is 6.92 Å². The SMILES string of the molecule is Cc1cc(Nc2nc(NCc3ccc(Br)cc3)nc3[nH]ncc23)n[nH]1. The van der Waals surface area contributed by atoms with Gasteiger partial charge in [-0.05, 0) is 24.6 Å². The van der Waals surface area contributed by atoms with Crippen LogP contribution in [0.3, 0.4) is 0 Å². The minimum absolute atomic E-state index is 0.509. The molecule has 0 amide bonds. The third kappa shape index (κ3) is 3.45. The van der Waals surface area contributed by atoms with Crippen LogP contribution < -0.4 is 10.6 Å². The highest BCUT2D eigenvalue weighted by Gasteiger charge is 2.11. The van der Waals surface area contributed by atoms with Crippen LogP contribution >= 0.6 is 15.9 Å². The molecule has 0 unspecified atom stereocenters. The van der Waals surface area contributed by atoms with Crippen LogP contribution in [0.15, 0.2) is 41.0 Å². The highest BCUT2D eigenvalue weighted by molar-refractivity contribution is 9.10. The number of H-pyrrole nitrogens is 2. The van der Waals surface area contributed by atoms with Gasteiger partial charge in [-0.3, -0.25) is 10.2 Å². The molecule has 3 heterocycles. The Morgan fingerprint density at radius 3 is 2.72 bits per heavy atom. The van der Waals surface area contributed by atoms with Gasteiger partial charge in [-0.25, -0.2) is 0 Å². The number of aryl methyl sites for hydroxylation is 1. The van der Waals surface area contributed by atoms with E-state index in [-0.39, 0.29) is 0 Å². The minimum Gasteiger partial charge on any atom is -0.350 e. The van der Waals surface area contributed by atoms with Crippen molar-refractivity contribution in [1.29, 1.82) is 0 Å². The van der Waals surface area contributed by atoms with Gasteiger partial charge in [-0.2, -0.15) is 20.2 Å². The van der Waals surface area contributed by atoms with Gasteiger partial charge in [0.2, 0.25) is 5.95 Å². The molecular formula is C16H15BrN8. The van der Waals surface area contributed by atoms with Crippen molar-refractivity contribution >= 4 is 44.5 Å². The van der Waals surface area contributed by atoms with Gasteiger partial charge in [0.15, 0.2) is 11.5 Å². The quantitative estimate of drug-likeness (QED) is 0.409. The molecule has 0 radical (unpaired) electrons. The molecule has 4 rings (SSSR count). The lowest BCUT2D eigenvalue weighted by Gasteiger charge is -2.08. The maximum atomic E-state index is 4.55. The van der Waals surface area contributed by atoms with E-state index in [0.717, 1.165) is 21.1 Å². The van der Waals surface area contributed by atoms with Crippen LogP contribution in [0.1, 0.15) is 11.3 Å². The van der Waals surface area contributed by atoms with Gasteiger partial charge in [0.05, 0.1) is 11.6 Å². The van der Waals surface area contributed by atoms with E-state index >= 15 is 0 Å². The average Bonchev–Trinajstić information content (AvgIpc) is 3.23. The minimum atomic E-state index is 0.509. The largest absolute Gasteiger partial charge is 0.350 e. The zero-order chi connectivity index (χ0) is 17.2. The standard InChI is InChI=1S/C16H15BrN8/c1-9-6-13(24-23-9)20-14-12-8-19-25-15(12)22-16(21-14)18-7-10-2-4-11(17)5-3-10/h2-6,8H,7H2,1H3,(H4,18,19,20,21,22,23,24,25). The fourth-order valence-electron chi connectivity index (χ4n) is 2.40. The maximum absolute atomic E-state index is 4.55. The topological polar surface area (TPSA) is 107 Å². The molecule has 25 heavy (non-hydrogen) atoms. The molecule has 0 bridgehead atoms. The molecule has 4 N–H and O–H groups in total. The van der Waals surface area contributed by atoms with E-state index in [0.29, 0.717) is 29.8 Å². The van der Waals surface area contributed by atoms with Crippen LogP contribution in [0.25, 0.3) is 11.0 Å². The molecule has 126 valence electrons. The molecule has 0 saturated carbocycles. The van der Waals surface area contributed by atoms with Crippen LogP contribution in [-0.4, -0.2) is 30.4 Å². The third-order valence-electron chi connectivity index (χ3n) is 3.63. The number of fused-ring (bicyclic) bond motifs is 1. The van der Waals surface area contributed by atoms with Crippen LogP contribution in [-0.2, 0) is 6.54 Å². The van der Waals surface area contributed by atoms with E-state index in [4.69, 9.17) is 0 Å². The van der Waals surface area contributed by atoms with Crippen molar-refractivity contribution in [3.8, 4) is 0 Å². The first kappa shape index (κ1) is 15.6. The Morgan fingerprint density at radius 1 is 1.12 bits per heavy atom. The molecule has 0 aliphatic carbocycles. The van der Waals surface area contributed by atoms with Crippen molar-refractivity contribution in [2.45, 2.75) is 13.5 Å². The highest BCUT2D eigenvalue weighted by Crippen LogP contribution is 2.23. The third-order valence-corrected chi connectivity index (χ3v) is 4.15. The lowest BCUT2D eigenvalue weighted by Crippen LogP contribution is -2.06. The Morgan fingerprint density at radius 2 is 1.96 bits per heavy atom. The summed E-state index contributed by atoms with van der Waals surface area (Å²) in [5, 5.41) is 21.3. The summed E-state index contributed by atoms with van der Waals surface area (Å²) in [6.45, 7) is 2.56. The smallest absolute Gasteiger partial charge is 0.226 e. The zero-order valence-corrected chi connectivity index (χ0v) is 14.9. The predicted octanol–water partition coefficient (Wildman–Crippen LogP) is 3.50. The summed E-state index contributed by atoms with van der Waals surface area (Å²) in [7, 11) is 0. The monoisotopic (exact) mass is 398 g/mol. The Bertz CT molecular complexity index is 1000. The molecule has 0 saturated heterocycles. The molecule has 3 aromatic heterocycles. The van der Waals surface area contributed by atoms with Crippen molar-refractivity contribution in [2.75, 3.05) is 10.6 Å². The van der Waals surface area contributed by atoms with Gasteiger partial charge in [-0.1, -0.05) is 28.1 Å². The second-order valence-corrected chi connectivity index (χ2v) is 6.48. The van der Waals surface area contributed by atoms with Gasteiger partial charge in [-0.15, -0.1) is 0 Å². The van der Waals surface area contributed by atoms with E-state index in [1.54, 1.807) is 6.20 Å². The van der Waals surface area contributed by atoms with Crippen LogP contribution in [0.2, 0.25) is 0 Å². The van der Waals surface area contributed by atoms with Crippen molar-refractivity contribution in [2.24, 2.45) is 0 Å². The summed E-state index contributed by atoms with van der Waals surface area (Å²) in [6.07, 6.45) is 1.69. The molecule has 4 aromatic rings. The van der Waals surface area contributed by atoms with Gasteiger partial charge >= 0.3 is 0 Å². The molecule has 8 nitrogen and oxygen atoms in total. The molecule has 0 aliphatic heterocycles. The fraction of sp³-hybridized carbons (Fsp3) is 0.125. The van der Waals surface area contributed by atoms with Gasteiger partial charge in [0.25, 0.3) is 0 Å². The highest BCUT2D eigenvalue weighted by atomic mass is 79.9. The lowest BCUT2D eigenvalue weighted by atomic mass is 10.2. The van der Waals surface area contributed by atoms with Crippen LogP contribution in [0.4, 0.5) is 17.6 Å². The molecular weight excluding hydrogens is 384 g/mol. The lowest BCUT2D eigenvalue weighted by molar-refractivity contribution is 1.04. The summed E-state index contributed by atoms with van der Waals surface area (Å²) in [4.78, 5) is 9.01. The Balaban J connectivity index is 1.59. The summed E-state index contributed by atoms with van der Waals surface area (Å²) in [5.74, 6) is 1.84. The van der Waals surface area contributed by atoms with Gasteiger partial charge in [0, 0.05) is 22.8 Å². The van der Waals surface area contributed by atoms with E-state index in [1.807, 2.05) is 37.3 Å². The Hall–Kier alpha value is -2.94. The number of anilines is 3. The van der Waals surface area contributed by atoms with Gasteiger partial charge in [0.1, 0.15) is 5.82 Å². The first-order chi connectivity index (χ1) is 12.2. The zero-order valence-electron chi connectivity index (χ0n) is 13.3. The number of rotatable bonds is 5. The number of aromatic nitrogens is 6. The molecule has 9 heteroatoms. The van der Waals surface area contributed by atoms with E-state index in [1.165, 1.54) is 0 Å². The first-order valence-corrected chi connectivity index (χ1v) is 8.45. The maximum Gasteiger partial charge on any atom is 0.226 e. The first-order valence-electron chi connectivity index (χ1n) is 7.66. The fourth-order valence-corrected chi connectivity index (χ4v) is 2.66.